The van der Waals surface area contributed by atoms with Crippen LogP contribution in [0.4, 0.5) is 0 Å². The van der Waals surface area contributed by atoms with Crippen molar-refractivity contribution in [3.63, 3.8) is 0 Å². The molecule has 4 heteroatoms. The van der Waals surface area contributed by atoms with E-state index in [1.807, 2.05) is 23.0 Å². The topological polar surface area (TPSA) is 39.1 Å². The number of nitrogens with one attached hydrogen (secondary N) is 1. The van der Waals surface area contributed by atoms with E-state index in [0.29, 0.717) is 6.04 Å². The molecule has 1 N–H and O–H groups in total. The molecule has 1 heterocycles. The van der Waals surface area contributed by atoms with Crippen LogP contribution < -0.4 is 10.1 Å². The first kappa shape index (κ1) is 16.6. The lowest BCUT2D eigenvalue weighted by atomic mass is 10.0. The van der Waals surface area contributed by atoms with Gasteiger partial charge in [-0.25, -0.2) is 0 Å². The second-order valence-corrected chi connectivity index (χ2v) is 6.58. The van der Waals surface area contributed by atoms with Gasteiger partial charge >= 0.3 is 0 Å². The van der Waals surface area contributed by atoms with E-state index in [2.05, 4.69) is 56.4 Å². The number of ether oxygens (including phenoxy) is 1. The van der Waals surface area contributed by atoms with E-state index < -0.39 is 0 Å². The van der Waals surface area contributed by atoms with Crippen molar-refractivity contribution in [2.75, 3.05) is 7.11 Å². The molecule has 1 unspecified atom stereocenters. The minimum atomic E-state index is 0.0262. The van der Waals surface area contributed by atoms with Crippen molar-refractivity contribution in [2.45, 2.75) is 52.2 Å². The van der Waals surface area contributed by atoms with Gasteiger partial charge in [0, 0.05) is 24.3 Å². The molecular formula is C18H27N3O. The highest BCUT2D eigenvalue weighted by molar-refractivity contribution is 5.29. The maximum atomic E-state index is 5.22. The summed E-state index contributed by atoms with van der Waals surface area (Å²) in [7, 11) is 1.69. The van der Waals surface area contributed by atoms with Crippen LogP contribution in [0.1, 0.15) is 51.3 Å². The molecule has 22 heavy (non-hydrogen) atoms. The van der Waals surface area contributed by atoms with Gasteiger partial charge in [-0.2, -0.15) is 5.10 Å². The molecule has 0 aliphatic carbocycles. The summed E-state index contributed by atoms with van der Waals surface area (Å²) in [5, 5.41) is 8.06. The quantitative estimate of drug-likeness (QED) is 0.880. The van der Waals surface area contributed by atoms with E-state index in [1.54, 1.807) is 7.11 Å². The molecular weight excluding hydrogens is 274 g/mol. The molecule has 0 radical (unpaired) electrons. The van der Waals surface area contributed by atoms with Crippen molar-refractivity contribution in [3.8, 4) is 5.75 Å². The van der Waals surface area contributed by atoms with Gasteiger partial charge in [-0.1, -0.05) is 19.1 Å². The van der Waals surface area contributed by atoms with Crippen LogP contribution in [0.2, 0.25) is 0 Å². The van der Waals surface area contributed by atoms with Gasteiger partial charge in [0.15, 0.2) is 0 Å². The summed E-state index contributed by atoms with van der Waals surface area (Å²) in [6, 6.07) is 8.61. The summed E-state index contributed by atoms with van der Waals surface area (Å²) in [4.78, 5) is 0. The average molecular weight is 301 g/mol. The van der Waals surface area contributed by atoms with Crippen LogP contribution in [-0.4, -0.2) is 16.9 Å². The van der Waals surface area contributed by atoms with Gasteiger partial charge in [-0.15, -0.1) is 0 Å². The smallest absolute Gasteiger partial charge is 0.118 e. The Bertz CT molecular complexity index is 581. The lowest BCUT2D eigenvalue weighted by molar-refractivity contribution is 0.355. The zero-order chi connectivity index (χ0) is 16.2. The van der Waals surface area contributed by atoms with Gasteiger partial charge in [0.2, 0.25) is 0 Å². The summed E-state index contributed by atoms with van der Waals surface area (Å²) in [5.74, 6) is 0.894. The van der Waals surface area contributed by atoms with Crippen LogP contribution in [-0.2, 0) is 12.1 Å². The van der Waals surface area contributed by atoms with Gasteiger partial charge in [0.25, 0.3) is 0 Å². The SMILES string of the molecule is CCC(NCc1cnn(C(C)(C)C)c1)c1ccc(OC)cc1. The largest absolute Gasteiger partial charge is 0.497 e. The standard InChI is InChI=1S/C18H27N3O/c1-6-17(15-7-9-16(22-5)10-8-15)19-11-14-12-20-21(13-14)18(2,3)4/h7-10,12-13,17,19H,6,11H2,1-5H3. The molecule has 0 bridgehead atoms. The Morgan fingerprint density at radius 3 is 2.41 bits per heavy atom. The lowest BCUT2D eigenvalue weighted by Crippen LogP contribution is -2.22. The fourth-order valence-electron chi connectivity index (χ4n) is 2.39. The highest BCUT2D eigenvalue weighted by atomic mass is 16.5. The number of methoxy groups -OCH3 is 1. The molecule has 1 aromatic heterocycles. The fraction of sp³-hybridized carbons (Fsp3) is 0.500. The van der Waals surface area contributed by atoms with Gasteiger partial charge in [-0.3, -0.25) is 4.68 Å². The van der Waals surface area contributed by atoms with Crippen molar-refractivity contribution in [1.29, 1.82) is 0 Å². The van der Waals surface area contributed by atoms with E-state index in [-0.39, 0.29) is 5.54 Å². The Morgan fingerprint density at radius 2 is 1.91 bits per heavy atom. The number of benzene rings is 1. The third-order valence-electron chi connectivity index (χ3n) is 3.80. The number of rotatable bonds is 6. The molecule has 4 nitrogen and oxygen atoms in total. The predicted octanol–water partition coefficient (Wildman–Crippen LogP) is 3.89. The minimum Gasteiger partial charge on any atom is -0.497 e. The number of nitrogens with zero attached hydrogens (tertiary/aromatic N) is 2. The zero-order valence-corrected chi connectivity index (χ0v) is 14.3. The molecule has 2 rings (SSSR count). The Morgan fingerprint density at radius 1 is 1.23 bits per heavy atom. The molecule has 1 atom stereocenters. The number of hydrogen-bond donors (Lipinski definition) is 1. The number of aromatic nitrogens is 2. The summed E-state index contributed by atoms with van der Waals surface area (Å²) in [6.45, 7) is 9.48. The zero-order valence-electron chi connectivity index (χ0n) is 14.3. The summed E-state index contributed by atoms with van der Waals surface area (Å²) < 4.78 is 7.23. The van der Waals surface area contributed by atoms with Crippen molar-refractivity contribution >= 4 is 0 Å². The van der Waals surface area contributed by atoms with E-state index in [0.717, 1.165) is 18.7 Å². The minimum absolute atomic E-state index is 0.0262. The molecule has 0 saturated heterocycles. The van der Waals surface area contributed by atoms with Gasteiger partial charge in [0.05, 0.1) is 18.8 Å². The summed E-state index contributed by atoms with van der Waals surface area (Å²) >= 11 is 0. The maximum Gasteiger partial charge on any atom is 0.118 e. The van der Waals surface area contributed by atoms with Crippen LogP contribution in [0.25, 0.3) is 0 Å². The van der Waals surface area contributed by atoms with Crippen molar-refractivity contribution in [2.24, 2.45) is 0 Å². The Balaban J connectivity index is 2.00. The van der Waals surface area contributed by atoms with Crippen molar-refractivity contribution in [1.82, 2.24) is 15.1 Å². The lowest BCUT2D eigenvalue weighted by Gasteiger charge is -2.19. The van der Waals surface area contributed by atoms with Gasteiger partial charge < -0.3 is 10.1 Å². The first-order valence-corrected chi connectivity index (χ1v) is 7.85. The van der Waals surface area contributed by atoms with E-state index in [1.165, 1.54) is 11.1 Å². The molecule has 0 spiro atoms. The van der Waals surface area contributed by atoms with E-state index in [4.69, 9.17) is 4.74 Å². The highest BCUT2D eigenvalue weighted by Crippen LogP contribution is 2.21. The van der Waals surface area contributed by atoms with Crippen LogP contribution in [0, 0.1) is 0 Å². The second kappa shape index (κ2) is 6.97. The molecule has 0 saturated carbocycles. The third kappa shape index (κ3) is 4.10. The van der Waals surface area contributed by atoms with Gasteiger partial charge in [0.1, 0.15) is 5.75 Å². The fourth-order valence-corrected chi connectivity index (χ4v) is 2.39. The average Bonchev–Trinajstić information content (AvgIpc) is 2.97. The maximum absolute atomic E-state index is 5.22. The Hall–Kier alpha value is -1.81. The first-order valence-electron chi connectivity index (χ1n) is 7.85. The molecule has 1 aromatic carbocycles. The molecule has 120 valence electrons. The Labute approximate surface area is 133 Å². The van der Waals surface area contributed by atoms with Crippen LogP contribution in [0.15, 0.2) is 36.7 Å². The van der Waals surface area contributed by atoms with Crippen LogP contribution in [0.5, 0.6) is 5.75 Å². The molecule has 2 aromatic rings. The van der Waals surface area contributed by atoms with Crippen LogP contribution >= 0.6 is 0 Å². The molecule has 0 fully saturated rings. The summed E-state index contributed by atoms with van der Waals surface area (Å²) in [5.41, 5.74) is 2.52. The van der Waals surface area contributed by atoms with E-state index >= 15 is 0 Å². The van der Waals surface area contributed by atoms with E-state index in [9.17, 15) is 0 Å². The second-order valence-electron chi connectivity index (χ2n) is 6.58. The summed E-state index contributed by atoms with van der Waals surface area (Å²) in [6.07, 6.45) is 5.10. The van der Waals surface area contributed by atoms with Crippen LogP contribution in [0.3, 0.4) is 0 Å². The monoisotopic (exact) mass is 301 g/mol. The molecule has 0 amide bonds. The first-order chi connectivity index (χ1) is 10.4. The number of hydrogen-bond acceptors (Lipinski definition) is 3. The van der Waals surface area contributed by atoms with Crippen molar-refractivity contribution < 1.29 is 4.74 Å². The Kier molecular flexibility index (Phi) is 5.24. The highest BCUT2D eigenvalue weighted by Gasteiger charge is 2.14. The predicted molar refractivity (Wildman–Crippen MR) is 90.1 cm³/mol. The molecule has 0 aliphatic heterocycles. The van der Waals surface area contributed by atoms with Crippen molar-refractivity contribution in [3.05, 3.63) is 47.8 Å². The third-order valence-corrected chi connectivity index (χ3v) is 3.80. The van der Waals surface area contributed by atoms with Gasteiger partial charge in [-0.05, 0) is 44.9 Å². The normalized spacial score (nSPS) is 13.1. The molecule has 0 aliphatic rings.